The second-order valence-electron chi connectivity index (χ2n) is 13.4. The van der Waals surface area contributed by atoms with Gasteiger partial charge in [0.05, 0.1) is 35.4 Å². The average molecular weight is 833 g/mol. The Bertz CT molecular complexity index is 2180. The lowest BCUT2D eigenvalue weighted by molar-refractivity contribution is -0.119. The van der Waals surface area contributed by atoms with Gasteiger partial charge in [-0.05, 0) is 114 Å². The number of carbonyl (C=O) groups excluding carboxylic acids is 1. The quantitative estimate of drug-likeness (QED) is 0.0774. The standard InChI is InChI=1S/C39H38BrF4N3O6S/c1-3-53-31-19-26(39(49)50)12-13-30(31)47(20-24-16-28(25-10-11-25)18-29(17-24)45-14-6-7-15-45)32(48)22-46(21-27-9-5-4-8-23(27)2)54(51,52)38-33(40)34(41)35(42)36(43)37(38)44/h4-5,8-9,12-13,16-19,25H,3,6-7,10-11,14-15,20-22H2,1-2H3,(H,49,50). The molecule has 4 aromatic carbocycles. The van der Waals surface area contributed by atoms with Crippen molar-refractivity contribution in [1.82, 2.24) is 4.31 Å². The van der Waals surface area contributed by atoms with E-state index < -0.39 is 67.6 Å². The average Bonchev–Trinajstić information content (AvgIpc) is 3.85. The molecule has 2 fully saturated rings. The molecular formula is C39H38BrF4N3O6S. The summed E-state index contributed by atoms with van der Waals surface area (Å²) in [6, 6.07) is 16.6. The lowest BCUT2D eigenvalue weighted by Crippen LogP contribution is -2.43. The number of carbonyl (C=O) groups is 2. The third-order valence-electron chi connectivity index (χ3n) is 9.65. The molecule has 0 unspecified atom stereocenters. The number of carboxylic acid groups (broad SMARTS) is 1. The minimum atomic E-state index is -5.29. The smallest absolute Gasteiger partial charge is 0.335 e. The maximum absolute atomic E-state index is 15.4. The van der Waals surface area contributed by atoms with Crippen LogP contribution in [-0.4, -0.2) is 55.9 Å². The monoisotopic (exact) mass is 831 g/mol. The number of hydrogen-bond donors (Lipinski definition) is 1. The summed E-state index contributed by atoms with van der Waals surface area (Å²) in [6.45, 7) is 3.57. The molecule has 15 heteroatoms. The summed E-state index contributed by atoms with van der Waals surface area (Å²) in [5.41, 5.74) is 3.80. The van der Waals surface area contributed by atoms with Crippen LogP contribution < -0.4 is 14.5 Å². The van der Waals surface area contributed by atoms with E-state index in [-0.39, 0.29) is 30.2 Å². The molecule has 286 valence electrons. The summed E-state index contributed by atoms with van der Waals surface area (Å²) in [5.74, 6) is -10.4. The Morgan fingerprint density at radius 2 is 1.61 bits per heavy atom. The van der Waals surface area contributed by atoms with Crippen LogP contribution in [0.15, 0.2) is 70.0 Å². The van der Waals surface area contributed by atoms with Crippen LogP contribution in [0.5, 0.6) is 5.75 Å². The SMILES string of the molecule is CCOc1cc(C(=O)O)ccc1N(Cc1cc(C2CC2)cc(N2CCCC2)c1)C(=O)CN(Cc1ccccc1C)S(=O)(=O)c1c(F)c(F)c(F)c(F)c1Br. The number of rotatable bonds is 14. The molecule has 0 aromatic heterocycles. The van der Waals surface area contributed by atoms with Crippen LogP contribution in [0.4, 0.5) is 28.9 Å². The molecule has 6 rings (SSSR count). The van der Waals surface area contributed by atoms with Crippen LogP contribution in [0.1, 0.15) is 71.1 Å². The van der Waals surface area contributed by atoms with Crippen molar-refractivity contribution in [1.29, 1.82) is 0 Å². The Balaban J connectivity index is 1.48. The van der Waals surface area contributed by atoms with E-state index >= 15 is 4.39 Å². The van der Waals surface area contributed by atoms with Crippen molar-refractivity contribution < 1.29 is 45.4 Å². The molecule has 1 saturated heterocycles. The number of benzene rings is 4. The molecule has 54 heavy (non-hydrogen) atoms. The molecule has 1 aliphatic heterocycles. The molecule has 1 amide bonds. The maximum atomic E-state index is 15.4. The van der Waals surface area contributed by atoms with Crippen molar-refractivity contribution in [2.75, 3.05) is 36.0 Å². The summed E-state index contributed by atoms with van der Waals surface area (Å²) >= 11 is 2.61. The van der Waals surface area contributed by atoms with Gasteiger partial charge in [0.15, 0.2) is 23.3 Å². The Labute approximate surface area is 319 Å². The van der Waals surface area contributed by atoms with Crippen molar-refractivity contribution in [2.24, 2.45) is 0 Å². The fourth-order valence-electron chi connectivity index (χ4n) is 6.61. The lowest BCUT2D eigenvalue weighted by Gasteiger charge is -2.30. The van der Waals surface area contributed by atoms with Crippen LogP contribution in [0, 0.1) is 30.2 Å². The lowest BCUT2D eigenvalue weighted by atomic mass is 10.0. The highest BCUT2D eigenvalue weighted by atomic mass is 79.9. The van der Waals surface area contributed by atoms with Gasteiger partial charge in [0, 0.05) is 25.3 Å². The van der Waals surface area contributed by atoms with Gasteiger partial charge in [0.25, 0.3) is 0 Å². The van der Waals surface area contributed by atoms with Crippen LogP contribution in [0.3, 0.4) is 0 Å². The number of halogens is 5. The van der Waals surface area contributed by atoms with E-state index in [0.29, 0.717) is 26.9 Å². The first kappa shape index (κ1) is 39.2. The molecule has 1 aliphatic carbocycles. The second kappa shape index (κ2) is 16.1. The van der Waals surface area contributed by atoms with Crippen molar-refractivity contribution in [2.45, 2.75) is 63.4 Å². The van der Waals surface area contributed by atoms with E-state index in [2.05, 4.69) is 26.9 Å². The van der Waals surface area contributed by atoms with E-state index in [1.165, 1.54) is 23.1 Å². The van der Waals surface area contributed by atoms with E-state index in [0.717, 1.165) is 50.0 Å². The van der Waals surface area contributed by atoms with Gasteiger partial charge in [-0.2, -0.15) is 4.31 Å². The van der Waals surface area contributed by atoms with Crippen LogP contribution in [0.25, 0.3) is 0 Å². The summed E-state index contributed by atoms with van der Waals surface area (Å²) in [5, 5.41) is 9.73. The van der Waals surface area contributed by atoms with E-state index in [9.17, 15) is 36.3 Å². The summed E-state index contributed by atoms with van der Waals surface area (Å²) in [6.07, 6.45) is 4.09. The number of amides is 1. The van der Waals surface area contributed by atoms with Gasteiger partial charge in [0.2, 0.25) is 15.9 Å². The number of nitrogens with zero attached hydrogens (tertiary/aromatic N) is 3. The summed E-state index contributed by atoms with van der Waals surface area (Å²) in [7, 11) is -5.29. The largest absolute Gasteiger partial charge is 0.492 e. The van der Waals surface area contributed by atoms with Gasteiger partial charge in [-0.1, -0.05) is 30.3 Å². The fraction of sp³-hybridized carbons (Fsp3) is 0.333. The fourth-order valence-corrected chi connectivity index (χ4v) is 9.05. The van der Waals surface area contributed by atoms with Gasteiger partial charge in [-0.25, -0.2) is 30.8 Å². The van der Waals surface area contributed by atoms with Crippen molar-refractivity contribution in [3.63, 3.8) is 0 Å². The molecule has 2 aliphatic rings. The molecule has 1 heterocycles. The van der Waals surface area contributed by atoms with E-state index in [1.807, 2.05) is 12.1 Å². The molecule has 1 saturated carbocycles. The molecule has 0 radical (unpaired) electrons. The molecule has 0 bridgehead atoms. The van der Waals surface area contributed by atoms with Gasteiger partial charge in [0.1, 0.15) is 10.6 Å². The van der Waals surface area contributed by atoms with Crippen molar-refractivity contribution in [3.8, 4) is 5.75 Å². The first-order chi connectivity index (χ1) is 25.7. The Hall–Kier alpha value is -4.47. The number of sulfonamides is 1. The molecular weight excluding hydrogens is 794 g/mol. The highest BCUT2D eigenvalue weighted by molar-refractivity contribution is 9.10. The Morgan fingerprint density at radius 1 is 0.926 bits per heavy atom. The molecule has 1 N–H and O–H groups in total. The number of aryl methyl sites for hydroxylation is 1. The van der Waals surface area contributed by atoms with Crippen molar-refractivity contribution in [3.05, 3.63) is 116 Å². The van der Waals surface area contributed by atoms with Crippen LogP contribution in [0.2, 0.25) is 0 Å². The van der Waals surface area contributed by atoms with Gasteiger partial charge in [-0.15, -0.1) is 0 Å². The number of aromatic carboxylic acids is 1. The topological polar surface area (TPSA) is 107 Å². The normalized spacial score (nSPS) is 14.5. The van der Waals surface area contributed by atoms with E-state index in [4.69, 9.17) is 4.74 Å². The van der Waals surface area contributed by atoms with Gasteiger partial charge < -0.3 is 19.6 Å². The zero-order valence-corrected chi connectivity index (χ0v) is 32.0. The summed E-state index contributed by atoms with van der Waals surface area (Å²) < 4.78 is 92.7. The maximum Gasteiger partial charge on any atom is 0.335 e. The highest BCUT2D eigenvalue weighted by Gasteiger charge is 2.38. The third-order valence-corrected chi connectivity index (χ3v) is 12.5. The predicted octanol–water partition coefficient (Wildman–Crippen LogP) is 8.31. The molecule has 9 nitrogen and oxygen atoms in total. The minimum absolute atomic E-state index is 0.0358. The van der Waals surface area contributed by atoms with Crippen LogP contribution in [-0.2, 0) is 27.9 Å². The highest BCUT2D eigenvalue weighted by Crippen LogP contribution is 2.43. The zero-order valence-electron chi connectivity index (χ0n) is 29.6. The Morgan fingerprint density at radius 3 is 2.26 bits per heavy atom. The number of ether oxygens (including phenoxy) is 1. The second-order valence-corrected chi connectivity index (χ2v) is 16.1. The predicted molar refractivity (Wildman–Crippen MR) is 198 cm³/mol. The summed E-state index contributed by atoms with van der Waals surface area (Å²) in [4.78, 5) is 28.7. The number of anilines is 2. The molecule has 0 spiro atoms. The molecule has 0 atom stereocenters. The zero-order chi connectivity index (χ0) is 38.9. The first-order valence-corrected chi connectivity index (χ1v) is 19.7. The molecule has 4 aromatic rings. The van der Waals surface area contributed by atoms with E-state index in [1.54, 1.807) is 38.1 Å². The van der Waals surface area contributed by atoms with Crippen LogP contribution >= 0.6 is 15.9 Å². The number of hydrogen-bond acceptors (Lipinski definition) is 6. The third kappa shape index (κ3) is 8.13. The number of carboxylic acids is 1. The minimum Gasteiger partial charge on any atom is -0.492 e. The van der Waals surface area contributed by atoms with Gasteiger partial charge in [-0.3, -0.25) is 4.79 Å². The van der Waals surface area contributed by atoms with Crippen molar-refractivity contribution >= 4 is 49.2 Å². The first-order valence-electron chi connectivity index (χ1n) is 17.5. The van der Waals surface area contributed by atoms with Gasteiger partial charge >= 0.3 is 5.97 Å². The Kier molecular flexibility index (Phi) is 11.7.